The van der Waals surface area contributed by atoms with Crippen molar-refractivity contribution >= 4 is 23.2 Å². The topological polar surface area (TPSA) is 33.2 Å². The van der Waals surface area contributed by atoms with E-state index in [-0.39, 0.29) is 5.91 Å². The Morgan fingerprint density at radius 3 is 2.61 bits per heavy atom. The number of pyridine rings is 1. The standard InChI is InChI=1S/C14H13ClN2O/c1-2-17(12-6-4-3-5-7-12)14(18)13-10-11(15)8-9-16-13/h3-10H,2H2,1H3. The Morgan fingerprint density at radius 2 is 2.00 bits per heavy atom. The Hall–Kier alpha value is -1.87. The predicted octanol–water partition coefficient (Wildman–Crippen LogP) is 3.40. The maximum Gasteiger partial charge on any atom is 0.276 e. The molecule has 0 aliphatic heterocycles. The fraction of sp³-hybridized carbons (Fsp3) is 0.143. The van der Waals surface area contributed by atoms with Crippen molar-refractivity contribution in [3.8, 4) is 0 Å². The van der Waals surface area contributed by atoms with E-state index >= 15 is 0 Å². The second kappa shape index (κ2) is 5.65. The summed E-state index contributed by atoms with van der Waals surface area (Å²) in [7, 11) is 0. The van der Waals surface area contributed by atoms with Crippen LogP contribution in [0.4, 0.5) is 5.69 Å². The third kappa shape index (κ3) is 2.68. The lowest BCUT2D eigenvalue weighted by Gasteiger charge is -2.20. The number of amides is 1. The molecule has 0 unspecified atom stereocenters. The molecule has 4 heteroatoms. The molecule has 1 aromatic heterocycles. The normalized spacial score (nSPS) is 10.1. The number of carbonyl (C=O) groups excluding carboxylic acids is 1. The second-order valence-corrected chi connectivity index (χ2v) is 4.18. The zero-order chi connectivity index (χ0) is 13.0. The van der Waals surface area contributed by atoms with Gasteiger partial charge >= 0.3 is 0 Å². The number of para-hydroxylation sites is 1. The van der Waals surface area contributed by atoms with Crippen molar-refractivity contribution in [1.82, 2.24) is 4.98 Å². The number of rotatable bonds is 3. The summed E-state index contributed by atoms with van der Waals surface area (Å²) in [6, 6.07) is 12.7. The average Bonchev–Trinajstić information content (AvgIpc) is 2.41. The molecule has 0 saturated heterocycles. The number of nitrogens with zero attached hydrogens (tertiary/aromatic N) is 2. The van der Waals surface area contributed by atoms with Gasteiger partial charge in [0, 0.05) is 23.5 Å². The molecule has 3 nitrogen and oxygen atoms in total. The van der Waals surface area contributed by atoms with Gasteiger partial charge in [-0.25, -0.2) is 0 Å². The molecule has 1 heterocycles. The van der Waals surface area contributed by atoms with Crippen molar-refractivity contribution in [2.45, 2.75) is 6.92 Å². The largest absolute Gasteiger partial charge is 0.307 e. The minimum absolute atomic E-state index is 0.147. The molecule has 0 saturated carbocycles. The van der Waals surface area contributed by atoms with Crippen LogP contribution < -0.4 is 4.90 Å². The number of benzene rings is 1. The fourth-order valence-electron chi connectivity index (χ4n) is 1.71. The first-order valence-electron chi connectivity index (χ1n) is 5.71. The first-order valence-corrected chi connectivity index (χ1v) is 6.08. The molecule has 1 amide bonds. The first kappa shape index (κ1) is 12.6. The van der Waals surface area contributed by atoms with E-state index in [2.05, 4.69) is 4.98 Å². The predicted molar refractivity (Wildman–Crippen MR) is 73.0 cm³/mol. The van der Waals surface area contributed by atoms with E-state index in [1.165, 1.54) is 6.20 Å². The monoisotopic (exact) mass is 260 g/mol. The van der Waals surface area contributed by atoms with Crippen molar-refractivity contribution in [3.05, 3.63) is 59.4 Å². The molecule has 0 spiro atoms. The van der Waals surface area contributed by atoms with E-state index in [1.54, 1.807) is 17.0 Å². The van der Waals surface area contributed by atoms with Gasteiger partial charge in [0.25, 0.3) is 5.91 Å². The lowest BCUT2D eigenvalue weighted by Crippen LogP contribution is -2.31. The summed E-state index contributed by atoms with van der Waals surface area (Å²) < 4.78 is 0. The van der Waals surface area contributed by atoms with Gasteiger partial charge in [-0.2, -0.15) is 0 Å². The average molecular weight is 261 g/mol. The highest BCUT2D eigenvalue weighted by atomic mass is 35.5. The van der Waals surface area contributed by atoms with Crippen molar-refractivity contribution in [2.75, 3.05) is 11.4 Å². The van der Waals surface area contributed by atoms with Crippen molar-refractivity contribution in [1.29, 1.82) is 0 Å². The minimum Gasteiger partial charge on any atom is -0.307 e. The van der Waals surface area contributed by atoms with Crippen LogP contribution in [0.5, 0.6) is 0 Å². The lowest BCUT2D eigenvalue weighted by molar-refractivity contribution is 0.0983. The van der Waals surface area contributed by atoms with E-state index in [0.717, 1.165) is 5.69 Å². The van der Waals surface area contributed by atoms with Gasteiger partial charge in [-0.3, -0.25) is 9.78 Å². The maximum atomic E-state index is 12.3. The highest BCUT2D eigenvalue weighted by Gasteiger charge is 2.17. The van der Waals surface area contributed by atoms with E-state index in [0.29, 0.717) is 17.3 Å². The maximum absolute atomic E-state index is 12.3. The van der Waals surface area contributed by atoms with E-state index in [4.69, 9.17) is 11.6 Å². The van der Waals surface area contributed by atoms with Gasteiger partial charge in [-0.05, 0) is 31.2 Å². The Kier molecular flexibility index (Phi) is 3.95. The Morgan fingerprint density at radius 1 is 1.28 bits per heavy atom. The highest BCUT2D eigenvalue weighted by molar-refractivity contribution is 6.31. The molecule has 0 bridgehead atoms. The van der Waals surface area contributed by atoms with Gasteiger partial charge in [0.15, 0.2) is 0 Å². The molecule has 0 atom stereocenters. The summed E-state index contributed by atoms with van der Waals surface area (Å²) in [5.74, 6) is -0.147. The first-order chi connectivity index (χ1) is 8.72. The molecule has 2 rings (SSSR count). The Bertz CT molecular complexity index is 543. The van der Waals surface area contributed by atoms with Crippen LogP contribution in [0.2, 0.25) is 5.02 Å². The zero-order valence-electron chi connectivity index (χ0n) is 10.0. The number of hydrogen-bond donors (Lipinski definition) is 0. The van der Waals surface area contributed by atoms with Crippen molar-refractivity contribution < 1.29 is 4.79 Å². The molecule has 0 N–H and O–H groups in total. The van der Waals surface area contributed by atoms with Crippen LogP contribution in [-0.2, 0) is 0 Å². The van der Waals surface area contributed by atoms with Gasteiger partial charge in [-0.1, -0.05) is 29.8 Å². The van der Waals surface area contributed by atoms with E-state index in [1.807, 2.05) is 37.3 Å². The number of anilines is 1. The second-order valence-electron chi connectivity index (χ2n) is 3.74. The van der Waals surface area contributed by atoms with Gasteiger partial charge < -0.3 is 4.90 Å². The summed E-state index contributed by atoms with van der Waals surface area (Å²) in [5.41, 5.74) is 1.21. The SMILES string of the molecule is CCN(C(=O)c1cc(Cl)ccn1)c1ccccc1. The van der Waals surface area contributed by atoms with Crippen LogP contribution in [0, 0.1) is 0 Å². The van der Waals surface area contributed by atoms with Crippen molar-refractivity contribution in [2.24, 2.45) is 0 Å². The van der Waals surface area contributed by atoms with Crippen LogP contribution >= 0.6 is 11.6 Å². The van der Waals surface area contributed by atoms with Crippen LogP contribution in [0.1, 0.15) is 17.4 Å². The van der Waals surface area contributed by atoms with Crippen LogP contribution in [0.3, 0.4) is 0 Å². The molecule has 92 valence electrons. The smallest absolute Gasteiger partial charge is 0.276 e. The molecular weight excluding hydrogens is 248 g/mol. The number of carbonyl (C=O) groups is 1. The minimum atomic E-state index is -0.147. The van der Waals surface area contributed by atoms with Gasteiger partial charge in [-0.15, -0.1) is 0 Å². The zero-order valence-corrected chi connectivity index (χ0v) is 10.8. The van der Waals surface area contributed by atoms with Gasteiger partial charge in [0.1, 0.15) is 5.69 Å². The highest BCUT2D eigenvalue weighted by Crippen LogP contribution is 2.17. The molecule has 0 fully saturated rings. The summed E-state index contributed by atoms with van der Waals surface area (Å²) in [6.45, 7) is 2.51. The number of aromatic nitrogens is 1. The summed E-state index contributed by atoms with van der Waals surface area (Å²) >= 11 is 5.87. The fourth-order valence-corrected chi connectivity index (χ4v) is 1.87. The molecule has 18 heavy (non-hydrogen) atoms. The Labute approximate surface area is 111 Å². The molecule has 0 aliphatic carbocycles. The molecule has 2 aromatic rings. The number of halogens is 1. The van der Waals surface area contributed by atoms with Crippen LogP contribution in [0.25, 0.3) is 0 Å². The van der Waals surface area contributed by atoms with Gasteiger partial charge in [0.05, 0.1) is 0 Å². The lowest BCUT2D eigenvalue weighted by atomic mass is 10.2. The quantitative estimate of drug-likeness (QED) is 0.847. The molecule has 1 aromatic carbocycles. The summed E-state index contributed by atoms with van der Waals surface area (Å²) in [5, 5.41) is 0.512. The van der Waals surface area contributed by atoms with E-state index < -0.39 is 0 Å². The third-order valence-electron chi connectivity index (χ3n) is 2.57. The summed E-state index contributed by atoms with van der Waals surface area (Å²) in [6.07, 6.45) is 1.54. The Balaban J connectivity index is 2.32. The molecule has 0 radical (unpaired) electrons. The summed E-state index contributed by atoms with van der Waals surface area (Å²) in [4.78, 5) is 18.1. The number of hydrogen-bond acceptors (Lipinski definition) is 2. The van der Waals surface area contributed by atoms with E-state index in [9.17, 15) is 4.79 Å². The van der Waals surface area contributed by atoms with Crippen LogP contribution in [0.15, 0.2) is 48.7 Å². The van der Waals surface area contributed by atoms with Crippen molar-refractivity contribution in [3.63, 3.8) is 0 Å². The third-order valence-corrected chi connectivity index (χ3v) is 2.81. The van der Waals surface area contributed by atoms with Gasteiger partial charge in [0.2, 0.25) is 0 Å². The van der Waals surface area contributed by atoms with Crippen LogP contribution in [-0.4, -0.2) is 17.4 Å². The molecule has 0 aliphatic rings. The molecular formula is C14H13ClN2O.